The number of aromatic nitrogens is 3. The minimum atomic E-state index is 0. The number of fused-ring (bicyclic) bond motifs is 1. The number of halogens is 1. The first-order valence-electron chi connectivity index (χ1n) is 6.80. The van der Waals surface area contributed by atoms with Crippen molar-refractivity contribution in [3.05, 3.63) is 42.2 Å². The van der Waals surface area contributed by atoms with Gasteiger partial charge in [-0.15, -0.1) is 17.0 Å². The molecule has 1 aliphatic rings. The van der Waals surface area contributed by atoms with E-state index in [4.69, 9.17) is 0 Å². The van der Waals surface area contributed by atoms with Gasteiger partial charge in [0.2, 0.25) is 0 Å². The number of phenolic OH excluding ortho intramolecular Hbond substituents is 1. The Morgan fingerprint density at radius 1 is 1.10 bits per heavy atom. The van der Waals surface area contributed by atoms with Gasteiger partial charge in [-0.25, -0.2) is 4.98 Å². The van der Waals surface area contributed by atoms with E-state index in [1.807, 2.05) is 12.1 Å². The zero-order valence-corrected chi connectivity index (χ0v) is 13.3. The molecule has 0 bridgehead atoms. The Bertz CT molecular complexity index is 791. The highest BCUT2D eigenvalue weighted by Crippen LogP contribution is 2.52. The summed E-state index contributed by atoms with van der Waals surface area (Å²) in [7, 11) is 0. The first-order chi connectivity index (χ1) is 9.67. The molecule has 0 atom stereocenters. The van der Waals surface area contributed by atoms with Crippen molar-refractivity contribution in [2.75, 3.05) is 0 Å². The molecule has 4 rings (SSSR count). The molecule has 0 saturated heterocycles. The maximum atomic E-state index is 9.45. The molecule has 0 amide bonds. The van der Waals surface area contributed by atoms with E-state index in [-0.39, 0.29) is 28.1 Å². The van der Waals surface area contributed by atoms with E-state index in [0.29, 0.717) is 0 Å². The molecular weight excluding hydrogens is 330 g/mol. The molecule has 0 spiro atoms. The molecular formula is C16H16BrN3O. The second kappa shape index (κ2) is 4.84. The van der Waals surface area contributed by atoms with Crippen LogP contribution in [-0.4, -0.2) is 20.1 Å². The topological polar surface area (TPSA) is 61.8 Å². The van der Waals surface area contributed by atoms with Crippen molar-refractivity contribution >= 4 is 28.1 Å². The highest BCUT2D eigenvalue weighted by atomic mass is 79.9. The van der Waals surface area contributed by atoms with Crippen LogP contribution >= 0.6 is 17.0 Å². The zero-order valence-electron chi connectivity index (χ0n) is 11.6. The van der Waals surface area contributed by atoms with Gasteiger partial charge in [0.05, 0.1) is 5.69 Å². The average Bonchev–Trinajstić information content (AvgIpc) is 3.07. The van der Waals surface area contributed by atoms with Crippen molar-refractivity contribution in [1.29, 1.82) is 0 Å². The smallest absolute Gasteiger partial charge is 0.156 e. The number of phenols is 1. The highest BCUT2D eigenvalue weighted by molar-refractivity contribution is 8.93. The predicted octanol–water partition coefficient (Wildman–Crippen LogP) is 3.96. The Hall–Kier alpha value is -1.88. The summed E-state index contributed by atoms with van der Waals surface area (Å²) in [4.78, 5) is 12.3. The fraction of sp³-hybridized carbons (Fsp3) is 0.250. The summed E-state index contributed by atoms with van der Waals surface area (Å²) in [6, 6.07) is 7.27. The van der Waals surface area contributed by atoms with E-state index in [1.54, 1.807) is 24.5 Å². The lowest BCUT2D eigenvalue weighted by Crippen LogP contribution is -2.01. The van der Waals surface area contributed by atoms with E-state index >= 15 is 0 Å². The average molecular weight is 346 g/mol. The molecule has 21 heavy (non-hydrogen) atoms. The Morgan fingerprint density at radius 2 is 1.76 bits per heavy atom. The number of hydrogen-bond donors (Lipinski definition) is 2. The van der Waals surface area contributed by atoms with Gasteiger partial charge in [0, 0.05) is 18.0 Å². The second-order valence-corrected chi connectivity index (χ2v) is 5.74. The number of H-pyrrole nitrogens is 1. The summed E-state index contributed by atoms with van der Waals surface area (Å²) in [6.07, 6.45) is 5.81. The normalized spacial score (nSPS) is 15.7. The van der Waals surface area contributed by atoms with Gasteiger partial charge >= 0.3 is 0 Å². The number of benzene rings is 1. The molecule has 1 saturated carbocycles. The maximum Gasteiger partial charge on any atom is 0.156 e. The van der Waals surface area contributed by atoms with Crippen LogP contribution in [0, 0.1) is 0 Å². The number of hydrogen-bond acceptors (Lipinski definition) is 3. The lowest BCUT2D eigenvalue weighted by atomic mass is 9.94. The molecule has 1 aliphatic carbocycles. The van der Waals surface area contributed by atoms with Crippen LogP contribution in [0.25, 0.3) is 22.4 Å². The SMILES string of the molecule is Br.CC1(c2c(-c3ccc(O)cc3)[nH]c3nccnc23)CC1. The van der Waals surface area contributed by atoms with Crippen LogP contribution in [0.4, 0.5) is 0 Å². The summed E-state index contributed by atoms with van der Waals surface area (Å²) in [6.45, 7) is 2.27. The van der Waals surface area contributed by atoms with Gasteiger partial charge in [-0.3, -0.25) is 4.98 Å². The van der Waals surface area contributed by atoms with Gasteiger partial charge in [0.25, 0.3) is 0 Å². The molecule has 1 aromatic carbocycles. The third-order valence-electron chi connectivity index (χ3n) is 4.19. The molecule has 5 heteroatoms. The largest absolute Gasteiger partial charge is 0.508 e. The van der Waals surface area contributed by atoms with Crippen LogP contribution < -0.4 is 0 Å². The lowest BCUT2D eigenvalue weighted by Gasteiger charge is -2.10. The molecule has 3 aromatic rings. The summed E-state index contributed by atoms with van der Waals surface area (Å²) >= 11 is 0. The summed E-state index contributed by atoms with van der Waals surface area (Å²) in [5, 5.41) is 9.45. The lowest BCUT2D eigenvalue weighted by molar-refractivity contribution is 0.475. The van der Waals surface area contributed by atoms with Crippen molar-refractivity contribution in [3.8, 4) is 17.0 Å². The molecule has 0 unspecified atom stereocenters. The highest BCUT2D eigenvalue weighted by Gasteiger charge is 2.43. The fourth-order valence-corrected chi connectivity index (χ4v) is 2.78. The van der Waals surface area contributed by atoms with Crippen LogP contribution in [-0.2, 0) is 5.41 Å². The van der Waals surface area contributed by atoms with E-state index in [0.717, 1.165) is 22.4 Å². The Morgan fingerprint density at radius 3 is 2.43 bits per heavy atom. The van der Waals surface area contributed by atoms with E-state index in [9.17, 15) is 5.11 Å². The Balaban J connectivity index is 0.00000132. The molecule has 0 aliphatic heterocycles. The van der Waals surface area contributed by atoms with Crippen LogP contribution in [0.15, 0.2) is 36.7 Å². The van der Waals surface area contributed by atoms with Crippen molar-refractivity contribution in [2.24, 2.45) is 0 Å². The predicted molar refractivity (Wildman–Crippen MR) is 87.9 cm³/mol. The molecule has 2 aromatic heterocycles. The first kappa shape index (κ1) is 14.1. The van der Waals surface area contributed by atoms with E-state index in [2.05, 4.69) is 21.9 Å². The fourth-order valence-electron chi connectivity index (χ4n) is 2.78. The molecule has 0 radical (unpaired) electrons. The molecule has 4 nitrogen and oxygen atoms in total. The zero-order chi connectivity index (χ0) is 13.7. The van der Waals surface area contributed by atoms with E-state index in [1.165, 1.54) is 18.4 Å². The standard InChI is InChI=1S/C16H15N3O.BrH/c1-16(6-7-16)12-13(10-2-4-11(20)5-3-10)19-15-14(12)17-8-9-18-15;/h2-5,8-9,20H,6-7H2,1H3,(H,18,19);1H. The molecule has 108 valence electrons. The first-order valence-corrected chi connectivity index (χ1v) is 6.80. The van der Waals surface area contributed by atoms with Crippen molar-refractivity contribution < 1.29 is 5.11 Å². The van der Waals surface area contributed by atoms with Crippen molar-refractivity contribution in [2.45, 2.75) is 25.2 Å². The summed E-state index contributed by atoms with van der Waals surface area (Å²) < 4.78 is 0. The van der Waals surface area contributed by atoms with Gasteiger partial charge in [0.15, 0.2) is 5.65 Å². The molecule has 2 N–H and O–H groups in total. The third kappa shape index (κ3) is 2.21. The number of rotatable bonds is 2. The van der Waals surface area contributed by atoms with Gasteiger partial charge in [-0.2, -0.15) is 0 Å². The van der Waals surface area contributed by atoms with Crippen LogP contribution in [0.3, 0.4) is 0 Å². The summed E-state index contributed by atoms with van der Waals surface area (Å²) in [5.41, 5.74) is 5.39. The maximum absolute atomic E-state index is 9.45. The molecule has 1 fully saturated rings. The Kier molecular flexibility index (Phi) is 3.24. The van der Waals surface area contributed by atoms with Crippen molar-refractivity contribution in [1.82, 2.24) is 15.0 Å². The monoisotopic (exact) mass is 345 g/mol. The van der Waals surface area contributed by atoms with Crippen LogP contribution in [0.1, 0.15) is 25.3 Å². The van der Waals surface area contributed by atoms with Gasteiger partial charge < -0.3 is 10.1 Å². The van der Waals surface area contributed by atoms with Gasteiger partial charge in [-0.05, 0) is 48.1 Å². The number of aromatic amines is 1. The number of nitrogens with zero attached hydrogens (tertiary/aromatic N) is 2. The number of nitrogens with one attached hydrogen (secondary N) is 1. The van der Waals surface area contributed by atoms with E-state index < -0.39 is 0 Å². The van der Waals surface area contributed by atoms with Gasteiger partial charge in [-0.1, -0.05) is 6.92 Å². The molecule has 2 heterocycles. The quantitative estimate of drug-likeness (QED) is 0.738. The minimum absolute atomic E-state index is 0. The Labute approximate surface area is 133 Å². The van der Waals surface area contributed by atoms with Crippen LogP contribution in [0.5, 0.6) is 5.75 Å². The van der Waals surface area contributed by atoms with Crippen LogP contribution in [0.2, 0.25) is 0 Å². The minimum Gasteiger partial charge on any atom is -0.508 e. The van der Waals surface area contributed by atoms with Gasteiger partial charge in [0.1, 0.15) is 11.3 Å². The van der Waals surface area contributed by atoms with Crippen molar-refractivity contribution in [3.63, 3.8) is 0 Å². The number of aromatic hydroxyl groups is 1. The third-order valence-corrected chi connectivity index (χ3v) is 4.19. The second-order valence-electron chi connectivity index (χ2n) is 5.74. The summed E-state index contributed by atoms with van der Waals surface area (Å²) in [5.74, 6) is 0.278.